The first-order valence-corrected chi connectivity index (χ1v) is 8.92. The predicted molar refractivity (Wildman–Crippen MR) is 91.1 cm³/mol. The van der Waals surface area contributed by atoms with Gasteiger partial charge in [0.1, 0.15) is 6.54 Å². The Hall–Kier alpha value is -3.15. The third-order valence-electron chi connectivity index (χ3n) is 3.62. The second kappa shape index (κ2) is 7.84. The Morgan fingerprint density at radius 2 is 1.64 bits per heavy atom. The van der Waals surface area contributed by atoms with Crippen molar-refractivity contribution in [3.05, 3.63) is 64.2 Å². The van der Waals surface area contributed by atoms with Gasteiger partial charge in [0.25, 0.3) is 15.7 Å². The summed E-state index contributed by atoms with van der Waals surface area (Å²) < 4.78 is 68.9. The first-order chi connectivity index (χ1) is 13.0. The van der Waals surface area contributed by atoms with Gasteiger partial charge in [0.2, 0.25) is 0 Å². The number of esters is 1. The summed E-state index contributed by atoms with van der Waals surface area (Å²) in [7, 11) is -3.40. The molecule has 0 bridgehead atoms. The fourth-order valence-electron chi connectivity index (χ4n) is 2.18. The van der Waals surface area contributed by atoms with Gasteiger partial charge in [0.15, 0.2) is 0 Å². The summed E-state index contributed by atoms with van der Waals surface area (Å²) in [5, 5.41) is 10.7. The molecule has 2 aromatic carbocycles. The maximum Gasteiger partial charge on any atom is 0.416 e. The van der Waals surface area contributed by atoms with Gasteiger partial charge in [0, 0.05) is 12.1 Å². The molecular weight excluding hydrogens is 405 g/mol. The first-order valence-electron chi connectivity index (χ1n) is 7.48. The van der Waals surface area contributed by atoms with E-state index >= 15 is 0 Å². The number of methoxy groups -OCH3 is 1. The Kier molecular flexibility index (Phi) is 5.92. The Labute approximate surface area is 157 Å². The van der Waals surface area contributed by atoms with Gasteiger partial charge in [-0.3, -0.25) is 19.2 Å². The van der Waals surface area contributed by atoms with E-state index in [2.05, 4.69) is 4.74 Å². The summed E-state index contributed by atoms with van der Waals surface area (Å²) in [6.45, 7) is -0.804. The maximum absolute atomic E-state index is 12.9. The zero-order chi connectivity index (χ0) is 21.1. The highest BCUT2D eigenvalue weighted by Crippen LogP contribution is 2.32. The van der Waals surface area contributed by atoms with Gasteiger partial charge in [-0.05, 0) is 36.4 Å². The molecule has 2 aromatic rings. The van der Waals surface area contributed by atoms with Crippen molar-refractivity contribution in [1.29, 1.82) is 0 Å². The molecule has 0 radical (unpaired) electrons. The number of alkyl halides is 3. The molecule has 28 heavy (non-hydrogen) atoms. The molecule has 0 amide bonds. The monoisotopic (exact) mass is 418 g/mol. The van der Waals surface area contributed by atoms with E-state index in [1.807, 2.05) is 0 Å². The number of halogens is 3. The van der Waals surface area contributed by atoms with Crippen LogP contribution in [0.2, 0.25) is 0 Å². The van der Waals surface area contributed by atoms with Gasteiger partial charge < -0.3 is 4.74 Å². The van der Waals surface area contributed by atoms with Crippen molar-refractivity contribution in [1.82, 2.24) is 0 Å². The van der Waals surface area contributed by atoms with Gasteiger partial charge in [-0.1, -0.05) is 0 Å². The van der Waals surface area contributed by atoms with Crippen molar-refractivity contribution in [2.75, 3.05) is 18.0 Å². The van der Waals surface area contributed by atoms with Crippen LogP contribution in [0.4, 0.5) is 24.5 Å². The number of anilines is 1. The molecule has 0 spiro atoms. The second-order valence-corrected chi connectivity index (χ2v) is 7.25. The molecule has 2 rings (SSSR count). The highest BCUT2D eigenvalue weighted by molar-refractivity contribution is 7.92. The van der Waals surface area contributed by atoms with Crippen molar-refractivity contribution < 1.29 is 36.0 Å². The van der Waals surface area contributed by atoms with Crippen LogP contribution in [0, 0.1) is 10.1 Å². The number of ether oxygens (including phenoxy) is 1. The van der Waals surface area contributed by atoms with Gasteiger partial charge in [-0.25, -0.2) is 8.42 Å². The lowest BCUT2D eigenvalue weighted by Gasteiger charge is -2.23. The third-order valence-corrected chi connectivity index (χ3v) is 5.41. The molecule has 8 nitrogen and oxygen atoms in total. The number of rotatable bonds is 6. The highest BCUT2D eigenvalue weighted by Gasteiger charge is 2.32. The topological polar surface area (TPSA) is 107 Å². The van der Waals surface area contributed by atoms with E-state index in [1.54, 1.807) is 0 Å². The minimum atomic E-state index is -4.62. The Bertz CT molecular complexity index is 973. The fourth-order valence-corrected chi connectivity index (χ4v) is 3.59. The van der Waals surface area contributed by atoms with E-state index in [4.69, 9.17) is 0 Å². The number of nitro benzene ring substituents is 1. The SMILES string of the molecule is COC(=O)CN(c1ccc(C(F)(F)F)cc1)S(=O)(=O)c1ccc([N+](=O)[O-])cc1. The number of benzene rings is 2. The largest absolute Gasteiger partial charge is 0.468 e. The van der Waals surface area contributed by atoms with Gasteiger partial charge in [-0.15, -0.1) is 0 Å². The number of hydrogen-bond acceptors (Lipinski definition) is 6. The summed E-state index contributed by atoms with van der Waals surface area (Å²) in [4.78, 5) is 21.2. The van der Waals surface area contributed by atoms with Gasteiger partial charge >= 0.3 is 12.1 Å². The van der Waals surface area contributed by atoms with Crippen LogP contribution in [0.3, 0.4) is 0 Å². The zero-order valence-corrected chi connectivity index (χ0v) is 15.0. The van der Waals surface area contributed by atoms with Gasteiger partial charge in [0.05, 0.1) is 28.2 Å². The molecule has 0 aliphatic heterocycles. The number of nitro groups is 1. The van der Waals surface area contributed by atoms with E-state index in [1.165, 1.54) is 0 Å². The lowest BCUT2D eigenvalue weighted by molar-refractivity contribution is -0.384. The molecule has 0 fully saturated rings. The molecule has 0 N–H and O–H groups in total. The number of nitrogens with zero attached hydrogens (tertiary/aromatic N) is 2. The Morgan fingerprint density at radius 3 is 2.07 bits per heavy atom. The minimum absolute atomic E-state index is 0.211. The molecule has 0 atom stereocenters. The molecule has 0 heterocycles. The summed E-state index contributed by atoms with van der Waals surface area (Å²) in [5.41, 5.74) is -1.56. The number of carbonyl (C=O) groups is 1. The molecule has 0 saturated heterocycles. The van der Waals surface area contributed by atoms with Crippen LogP contribution in [-0.2, 0) is 25.7 Å². The highest BCUT2D eigenvalue weighted by atomic mass is 32.2. The number of hydrogen-bond donors (Lipinski definition) is 0. The van der Waals surface area contributed by atoms with Crippen LogP contribution in [0.1, 0.15) is 5.56 Å². The average molecular weight is 418 g/mol. The van der Waals surface area contributed by atoms with E-state index < -0.39 is 39.2 Å². The molecule has 0 aliphatic carbocycles. The summed E-state index contributed by atoms with van der Waals surface area (Å²) in [6, 6.07) is 6.97. The molecular formula is C16H13F3N2O6S. The quantitative estimate of drug-likeness (QED) is 0.406. The van der Waals surface area contributed by atoms with Gasteiger partial charge in [-0.2, -0.15) is 13.2 Å². The molecule has 0 aliphatic rings. The summed E-state index contributed by atoms with van der Waals surface area (Å²) in [5.74, 6) is -0.953. The van der Waals surface area contributed by atoms with Crippen LogP contribution in [0.5, 0.6) is 0 Å². The smallest absolute Gasteiger partial charge is 0.416 e. The molecule has 150 valence electrons. The molecule has 0 saturated carbocycles. The van der Waals surface area contributed by atoms with Crippen LogP contribution in [-0.4, -0.2) is 33.0 Å². The fraction of sp³-hybridized carbons (Fsp3) is 0.188. The second-order valence-electron chi connectivity index (χ2n) is 5.38. The predicted octanol–water partition coefficient (Wildman–Crippen LogP) is 2.98. The normalized spacial score (nSPS) is 11.7. The van der Waals surface area contributed by atoms with Crippen LogP contribution in [0.15, 0.2) is 53.4 Å². The van der Waals surface area contributed by atoms with Crippen LogP contribution in [0.25, 0.3) is 0 Å². The van der Waals surface area contributed by atoms with Crippen molar-refractivity contribution in [2.45, 2.75) is 11.1 Å². The van der Waals surface area contributed by atoms with Crippen molar-refractivity contribution in [3.8, 4) is 0 Å². The standard InChI is InChI=1S/C16H13F3N2O6S/c1-27-15(22)10-20(12-4-2-11(3-5-12)16(17,18)19)28(25,26)14-8-6-13(7-9-14)21(23)24/h2-9H,10H2,1H3. The van der Waals surface area contributed by atoms with E-state index in [0.717, 1.165) is 43.5 Å². The summed E-state index contributed by atoms with van der Waals surface area (Å²) >= 11 is 0. The average Bonchev–Trinajstić information content (AvgIpc) is 2.65. The van der Waals surface area contributed by atoms with Crippen molar-refractivity contribution in [2.24, 2.45) is 0 Å². The molecule has 0 aromatic heterocycles. The minimum Gasteiger partial charge on any atom is -0.468 e. The lowest BCUT2D eigenvalue weighted by Crippen LogP contribution is -2.36. The van der Waals surface area contributed by atoms with E-state index in [9.17, 15) is 36.5 Å². The zero-order valence-electron chi connectivity index (χ0n) is 14.2. The number of carbonyl (C=O) groups excluding carboxylic acids is 1. The van der Waals surface area contributed by atoms with Crippen LogP contribution < -0.4 is 4.31 Å². The lowest BCUT2D eigenvalue weighted by atomic mass is 10.2. The summed E-state index contributed by atoms with van der Waals surface area (Å²) in [6.07, 6.45) is -4.62. The number of non-ortho nitro benzene ring substituents is 1. The Balaban J connectivity index is 2.49. The third kappa shape index (κ3) is 4.57. The van der Waals surface area contributed by atoms with Crippen LogP contribution >= 0.6 is 0 Å². The number of sulfonamides is 1. The Morgan fingerprint density at radius 1 is 1.11 bits per heavy atom. The van der Waals surface area contributed by atoms with Crippen molar-refractivity contribution in [3.63, 3.8) is 0 Å². The van der Waals surface area contributed by atoms with E-state index in [0.29, 0.717) is 16.4 Å². The first kappa shape index (κ1) is 21.2. The molecule has 0 unspecified atom stereocenters. The maximum atomic E-state index is 12.9. The van der Waals surface area contributed by atoms with E-state index in [-0.39, 0.29) is 16.3 Å². The van der Waals surface area contributed by atoms with Crippen molar-refractivity contribution >= 4 is 27.4 Å². The molecule has 12 heteroatoms.